The lowest BCUT2D eigenvalue weighted by Crippen LogP contribution is -2.18. The molecule has 3 heteroatoms. The Balaban J connectivity index is 0.000000656. The summed E-state index contributed by atoms with van der Waals surface area (Å²) in [5, 5.41) is 8.00. The summed E-state index contributed by atoms with van der Waals surface area (Å²) in [5.41, 5.74) is 0.218. The highest BCUT2D eigenvalue weighted by Gasteiger charge is 2.24. The monoisotopic (exact) mass is 422 g/mol. The first-order chi connectivity index (χ1) is 14.6. The first-order valence-electron chi connectivity index (χ1n) is 12.9. The van der Waals surface area contributed by atoms with Crippen LogP contribution in [0.4, 0.5) is 0 Å². The summed E-state index contributed by atoms with van der Waals surface area (Å²) in [6.45, 7) is 6.22. The predicted octanol–water partition coefficient (Wildman–Crippen LogP) is 7.12. The van der Waals surface area contributed by atoms with Gasteiger partial charge >= 0.3 is 0 Å². The van der Waals surface area contributed by atoms with Crippen LogP contribution in [0.25, 0.3) is 0 Å². The molecule has 0 heterocycles. The van der Waals surface area contributed by atoms with Gasteiger partial charge in [0.15, 0.2) is 0 Å². The van der Waals surface area contributed by atoms with E-state index in [0.717, 1.165) is 30.3 Å². The molecule has 0 radical (unpaired) electrons. The highest BCUT2D eigenvalue weighted by atomic mass is 16.5. The molecule has 2 saturated carbocycles. The Morgan fingerprint density at radius 1 is 0.833 bits per heavy atom. The minimum absolute atomic E-state index is 0.218. The maximum absolute atomic E-state index is 9.48. The van der Waals surface area contributed by atoms with Gasteiger partial charge in [-0.05, 0) is 36.5 Å². The fourth-order valence-electron chi connectivity index (χ4n) is 5.33. The zero-order valence-electron chi connectivity index (χ0n) is 20.1. The fraction of sp³-hybridized carbons (Fsp3) is 0.889. The van der Waals surface area contributed by atoms with Gasteiger partial charge in [-0.1, -0.05) is 103 Å². The van der Waals surface area contributed by atoms with Crippen LogP contribution in [-0.4, -0.2) is 31.7 Å². The number of aliphatic hydroxyl groups excluding tert-OH is 1. The van der Waals surface area contributed by atoms with E-state index in [1.54, 1.807) is 32.1 Å². The maximum atomic E-state index is 9.48. The van der Waals surface area contributed by atoms with Crippen molar-refractivity contribution >= 4 is 6.29 Å². The molecule has 176 valence electrons. The number of aliphatic hydroxyl groups is 1. The van der Waals surface area contributed by atoms with Crippen molar-refractivity contribution in [1.29, 1.82) is 0 Å². The van der Waals surface area contributed by atoms with E-state index in [-0.39, 0.29) is 12.2 Å². The smallest absolute Gasteiger partial charge is 0.147 e. The van der Waals surface area contributed by atoms with Crippen molar-refractivity contribution in [3.8, 4) is 0 Å². The number of unbranched alkanes of at least 4 members (excludes halogenated alkanes) is 2. The molecule has 0 atom stereocenters. The summed E-state index contributed by atoms with van der Waals surface area (Å²) < 4.78 is 5.19. The van der Waals surface area contributed by atoms with Crippen LogP contribution in [0.3, 0.4) is 0 Å². The van der Waals surface area contributed by atoms with E-state index in [1.807, 2.05) is 7.11 Å². The van der Waals surface area contributed by atoms with Gasteiger partial charge in [0.05, 0.1) is 6.61 Å². The van der Waals surface area contributed by atoms with E-state index in [2.05, 4.69) is 13.5 Å². The van der Waals surface area contributed by atoms with Crippen molar-refractivity contribution in [2.24, 2.45) is 23.7 Å². The van der Waals surface area contributed by atoms with Gasteiger partial charge < -0.3 is 9.84 Å². The Morgan fingerprint density at radius 3 is 1.60 bits per heavy atom. The molecule has 0 bridgehead atoms. The second-order valence-corrected chi connectivity index (χ2v) is 9.92. The average Bonchev–Trinajstić information content (AvgIpc) is 2.79. The van der Waals surface area contributed by atoms with Gasteiger partial charge in [0.2, 0.25) is 0 Å². The molecule has 0 unspecified atom stereocenters. The summed E-state index contributed by atoms with van der Waals surface area (Å²) >= 11 is 0. The molecular weight excluding hydrogens is 372 g/mol. The highest BCUT2D eigenvalue weighted by molar-refractivity contribution is 5.72. The van der Waals surface area contributed by atoms with Crippen LogP contribution < -0.4 is 0 Å². The molecule has 0 aromatic heterocycles. The van der Waals surface area contributed by atoms with Crippen LogP contribution in [0.5, 0.6) is 0 Å². The second-order valence-electron chi connectivity index (χ2n) is 9.92. The van der Waals surface area contributed by atoms with Crippen LogP contribution in [-0.2, 0) is 9.53 Å². The number of methoxy groups -OCH3 is 1. The SMILES string of the molecule is C=C(C=O)CO.CCCCCC1CCC(CCC2CCC(CCCOC)CC2)CC1. The van der Waals surface area contributed by atoms with Crippen LogP contribution in [0.15, 0.2) is 12.2 Å². The quantitative estimate of drug-likeness (QED) is 0.195. The molecule has 30 heavy (non-hydrogen) atoms. The third-order valence-corrected chi connectivity index (χ3v) is 7.46. The van der Waals surface area contributed by atoms with Gasteiger partial charge in [-0.25, -0.2) is 0 Å². The number of hydrogen-bond acceptors (Lipinski definition) is 3. The van der Waals surface area contributed by atoms with Gasteiger partial charge in [0.1, 0.15) is 6.29 Å². The van der Waals surface area contributed by atoms with Crippen molar-refractivity contribution in [3.05, 3.63) is 12.2 Å². The van der Waals surface area contributed by atoms with Gasteiger partial charge in [0, 0.05) is 19.3 Å². The Hall–Kier alpha value is -0.670. The van der Waals surface area contributed by atoms with E-state index in [1.165, 1.54) is 70.6 Å². The van der Waals surface area contributed by atoms with E-state index in [0.29, 0.717) is 6.29 Å². The van der Waals surface area contributed by atoms with Crippen LogP contribution in [0, 0.1) is 23.7 Å². The lowest BCUT2D eigenvalue weighted by molar-refractivity contribution is -0.105. The standard InChI is InChI=1S/C23H44O.C4H6O2/c1-3-4-5-7-20-9-13-22(14-10-20)17-18-23-15-11-21(12-16-23)8-6-19-24-2;1-4(2-5)3-6/h20-23H,3-19H2,1-2H3;2,6H,1,3H2. The normalized spacial score (nSPS) is 26.5. The van der Waals surface area contributed by atoms with Crippen LogP contribution in [0.1, 0.15) is 110 Å². The van der Waals surface area contributed by atoms with E-state index >= 15 is 0 Å². The lowest BCUT2D eigenvalue weighted by atomic mass is 9.74. The molecule has 0 aliphatic heterocycles. The van der Waals surface area contributed by atoms with Crippen LogP contribution in [0.2, 0.25) is 0 Å². The zero-order valence-corrected chi connectivity index (χ0v) is 20.1. The molecule has 0 amide bonds. The highest BCUT2D eigenvalue weighted by Crippen LogP contribution is 2.38. The number of hydrogen-bond donors (Lipinski definition) is 1. The Morgan fingerprint density at radius 2 is 1.27 bits per heavy atom. The molecule has 3 nitrogen and oxygen atoms in total. The molecule has 1 N–H and O–H groups in total. The van der Waals surface area contributed by atoms with Crippen molar-refractivity contribution < 1.29 is 14.6 Å². The number of carbonyl (C=O) groups excluding carboxylic acids is 1. The largest absolute Gasteiger partial charge is 0.392 e. The molecule has 0 spiro atoms. The average molecular weight is 423 g/mol. The third kappa shape index (κ3) is 12.9. The predicted molar refractivity (Wildman–Crippen MR) is 128 cm³/mol. The Bertz CT molecular complexity index is 388. The fourth-order valence-corrected chi connectivity index (χ4v) is 5.33. The van der Waals surface area contributed by atoms with Gasteiger partial charge in [-0.2, -0.15) is 0 Å². The molecule has 2 aliphatic rings. The van der Waals surface area contributed by atoms with E-state index < -0.39 is 0 Å². The Labute approximate surface area is 187 Å². The zero-order chi connectivity index (χ0) is 22.0. The summed E-state index contributed by atoms with van der Waals surface area (Å²) in [7, 11) is 1.83. The number of ether oxygens (including phenoxy) is 1. The molecule has 0 aromatic carbocycles. The van der Waals surface area contributed by atoms with E-state index in [9.17, 15) is 4.79 Å². The van der Waals surface area contributed by atoms with Crippen LogP contribution >= 0.6 is 0 Å². The van der Waals surface area contributed by atoms with Crippen molar-refractivity contribution in [3.63, 3.8) is 0 Å². The summed E-state index contributed by atoms with van der Waals surface area (Å²) in [4.78, 5) is 9.48. The molecule has 0 saturated heterocycles. The summed E-state index contributed by atoms with van der Waals surface area (Å²) in [6.07, 6.45) is 24.3. The van der Waals surface area contributed by atoms with Gasteiger partial charge in [0.25, 0.3) is 0 Å². The van der Waals surface area contributed by atoms with Crippen molar-refractivity contribution in [2.75, 3.05) is 20.3 Å². The maximum Gasteiger partial charge on any atom is 0.147 e. The molecule has 2 rings (SSSR count). The topological polar surface area (TPSA) is 46.5 Å². The summed E-state index contributed by atoms with van der Waals surface area (Å²) in [5.74, 6) is 4.23. The first kappa shape index (κ1) is 27.4. The number of rotatable bonds is 13. The molecule has 2 fully saturated rings. The third-order valence-electron chi connectivity index (χ3n) is 7.46. The first-order valence-corrected chi connectivity index (χ1v) is 12.9. The minimum Gasteiger partial charge on any atom is -0.392 e. The molecular formula is C27H50O3. The lowest BCUT2D eigenvalue weighted by Gasteiger charge is -2.32. The van der Waals surface area contributed by atoms with Crippen molar-refractivity contribution in [1.82, 2.24) is 0 Å². The van der Waals surface area contributed by atoms with Gasteiger partial charge in [-0.15, -0.1) is 0 Å². The number of carbonyl (C=O) groups is 1. The molecule has 0 aromatic rings. The van der Waals surface area contributed by atoms with E-state index in [4.69, 9.17) is 9.84 Å². The minimum atomic E-state index is -0.233. The number of aldehydes is 1. The van der Waals surface area contributed by atoms with Crippen molar-refractivity contribution in [2.45, 2.75) is 110 Å². The second kappa shape index (κ2) is 18.0. The van der Waals surface area contributed by atoms with Gasteiger partial charge in [-0.3, -0.25) is 4.79 Å². The molecule has 2 aliphatic carbocycles. The Kier molecular flexibility index (Phi) is 16.4. The summed E-state index contributed by atoms with van der Waals surface area (Å²) in [6, 6.07) is 0.